The van der Waals surface area contributed by atoms with Crippen molar-refractivity contribution in [2.24, 2.45) is 0 Å². The second kappa shape index (κ2) is 9.52. The van der Waals surface area contributed by atoms with Crippen LogP contribution in [0.25, 0.3) is 0 Å². The molecule has 2 amide bonds. The normalized spacial score (nSPS) is 17.0. The molecule has 1 unspecified atom stereocenters. The molecule has 0 bridgehead atoms. The number of amides is 2. The summed E-state index contributed by atoms with van der Waals surface area (Å²) in [5.41, 5.74) is 4.72. The first-order chi connectivity index (χ1) is 15.0. The van der Waals surface area contributed by atoms with E-state index in [2.05, 4.69) is 28.4 Å². The summed E-state index contributed by atoms with van der Waals surface area (Å²) in [4.78, 5) is 29.0. The zero-order valence-electron chi connectivity index (χ0n) is 18.4. The Labute approximate surface area is 184 Å². The highest BCUT2D eigenvalue weighted by atomic mass is 16.5. The molecular weight excluding hydrogens is 390 g/mol. The van der Waals surface area contributed by atoms with Gasteiger partial charge in [0.15, 0.2) is 0 Å². The van der Waals surface area contributed by atoms with E-state index in [-0.39, 0.29) is 24.3 Å². The number of nitrogens with one attached hydrogen (secondary N) is 1. The van der Waals surface area contributed by atoms with E-state index in [4.69, 9.17) is 4.74 Å². The fraction of sp³-hybridized carbons (Fsp3) is 0.440. The first-order valence-electron chi connectivity index (χ1n) is 11.1. The SMILES string of the molecule is CC(=O)NC(CC(=O)N1CCN(Cc2ccc3c(c2)CCO3)CC1)c1ccc(C)cc1. The summed E-state index contributed by atoms with van der Waals surface area (Å²) in [6, 6.07) is 14.2. The predicted octanol–water partition coefficient (Wildman–Crippen LogP) is 2.84. The van der Waals surface area contributed by atoms with Gasteiger partial charge in [0.1, 0.15) is 5.75 Å². The Bertz CT molecular complexity index is 934. The van der Waals surface area contributed by atoms with Gasteiger partial charge in [-0.1, -0.05) is 42.0 Å². The van der Waals surface area contributed by atoms with Gasteiger partial charge in [0.05, 0.1) is 19.1 Å². The highest BCUT2D eigenvalue weighted by Crippen LogP contribution is 2.26. The first kappa shape index (κ1) is 21.4. The van der Waals surface area contributed by atoms with E-state index in [0.717, 1.165) is 49.5 Å². The van der Waals surface area contributed by atoms with Gasteiger partial charge in [0.25, 0.3) is 0 Å². The highest BCUT2D eigenvalue weighted by Gasteiger charge is 2.25. The maximum Gasteiger partial charge on any atom is 0.225 e. The second-order valence-electron chi connectivity index (χ2n) is 8.57. The molecule has 0 radical (unpaired) electrons. The number of carbonyl (C=O) groups is 2. The number of benzene rings is 2. The van der Waals surface area contributed by atoms with Crippen molar-refractivity contribution in [3.05, 3.63) is 64.7 Å². The Morgan fingerprint density at radius 3 is 2.52 bits per heavy atom. The molecule has 31 heavy (non-hydrogen) atoms. The number of piperazine rings is 1. The van der Waals surface area contributed by atoms with E-state index in [1.165, 1.54) is 18.1 Å². The van der Waals surface area contributed by atoms with Crippen molar-refractivity contribution in [3.8, 4) is 5.75 Å². The van der Waals surface area contributed by atoms with Gasteiger partial charge in [-0.25, -0.2) is 0 Å². The van der Waals surface area contributed by atoms with Crippen molar-refractivity contribution >= 4 is 11.8 Å². The summed E-state index contributed by atoms with van der Waals surface area (Å²) in [5.74, 6) is 0.984. The predicted molar refractivity (Wildman–Crippen MR) is 120 cm³/mol. The molecule has 0 aromatic heterocycles. The molecule has 0 aliphatic carbocycles. The molecule has 2 aliphatic rings. The van der Waals surface area contributed by atoms with Gasteiger partial charge in [-0.3, -0.25) is 14.5 Å². The first-order valence-corrected chi connectivity index (χ1v) is 11.1. The smallest absolute Gasteiger partial charge is 0.225 e. The minimum Gasteiger partial charge on any atom is -0.493 e. The number of fused-ring (bicyclic) bond motifs is 1. The third-order valence-corrected chi connectivity index (χ3v) is 6.12. The van der Waals surface area contributed by atoms with Gasteiger partial charge in [0, 0.05) is 46.1 Å². The lowest BCUT2D eigenvalue weighted by Crippen LogP contribution is -2.49. The largest absolute Gasteiger partial charge is 0.493 e. The molecule has 2 aromatic rings. The minimum atomic E-state index is -0.294. The van der Waals surface area contributed by atoms with Crippen molar-refractivity contribution in [2.45, 2.75) is 39.3 Å². The molecule has 1 saturated heterocycles. The average Bonchev–Trinajstić information content (AvgIpc) is 3.22. The van der Waals surface area contributed by atoms with E-state index in [1.807, 2.05) is 36.1 Å². The second-order valence-corrected chi connectivity index (χ2v) is 8.57. The lowest BCUT2D eigenvalue weighted by atomic mass is 10.0. The summed E-state index contributed by atoms with van der Waals surface area (Å²) in [6.07, 6.45) is 1.27. The Morgan fingerprint density at radius 1 is 1.06 bits per heavy atom. The quantitative estimate of drug-likeness (QED) is 0.779. The molecule has 0 saturated carbocycles. The van der Waals surface area contributed by atoms with E-state index >= 15 is 0 Å². The number of aryl methyl sites for hydroxylation is 1. The number of carbonyl (C=O) groups excluding carboxylic acids is 2. The Balaban J connectivity index is 1.31. The van der Waals surface area contributed by atoms with Crippen LogP contribution in [0.2, 0.25) is 0 Å². The zero-order valence-corrected chi connectivity index (χ0v) is 18.4. The van der Waals surface area contributed by atoms with Crippen LogP contribution >= 0.6 is 0 Å². The molecule has 6 heteroatoms. The number of hydrogen-bond donors (Lipinski definition) is 1. The van der Waals surface area contributed by atoms with Crippen molar-refractivity contribution < 1.29 is 14.3 Å². The maximum absolute atomic E-state index is 13.0. The topological polar surface area (TPSA) is 61.9 Å². The van der Waals surface area contributed by atoms with Gasteiger partial charge in [-0.15, -0.1) is 0 Å². The van der Waals surface area contributed by atoms with E-state index in [0.29, 0.717) is 13.1 Å². The molecule has 4 rings (SSSR count). The highest BCUT2D eigenvalue weighted by molar-refractivity contribution is 5.79. The van der Waals surface area contributed by atoms with Gasteiger partial charge in [-0.05, 0) is 29.7 Å². The fourth-order valence-corrected chi connectivity index (χ4v) is 4.35. The average molecular weight is 422 g/mol. The van der Waals surface area contributed by atoms with Crippen LogP contribution in [0, 0.1) is 6.92 Å². The van der Waals surface area contributed by atoms with Crippen molar-refractivity contribution in [1.29, 1.82) is 0 Å². The minimum absolute atomic E-state index is 0.0913. The summed E-state index contributed by atoms with van der Waals surface area (Å²) in [7, 11) is 0. The molecule has 2 aliphatic heterocycles. The summed E-state index contributed by atoms with van der Waals surface area (Å²) in [6.45, 7) is 8.34. The monoisotopic (exact) mass is 421 g/mol. The van der Waals surface area contributed by atoms with Crippen LogP contribution in [0.4, 0.5) is 0 Å². The molecule has 0 spiro atoms. The van der Waals surface area contributed by atoms with Gasteiger partial charge in [-0.2, -0.15) is 0 Å². The third-order valence-electron chi connectivity index (χ3n) is 6.12. The maximum atomic E-state index is 13.0. The van der Waals surface area contributed by atoms with E-state index in [1.54, 1.807) is 0 Å². The van der Waals surface area contributed by atoms with Crippen molar-refractivity contribution in [3.63, 3.8) is 0 Å². The molecular formula is C25H31N3O3. The van der Waals surface area contributed by atoms with Gasteiger partial charge < -0.3 is 15.0 Å². The van der Waals surface area contributed by atoms with Crippen LogP contribution in [0.15, 0.2) is 42.5 Å². The van der Waals surface area contributed by atoms with Crippen LogP contribution in [0.1, 0.15) is 41.6 Å². The van der Waals surface area contributed by atoms with Gasteiger partial charge in [0.2, 0.25) is 11.8 Å². The van der Waals surface area contributed by atoms with Crippen LogP contribution < -0.4 is 10.1 Å². The van der Waals surface area contributed by atoms with E-state index < -0.39 is 0 Å². The number of hydrogen-bond acceptors (Lipinski definition) is 4. The molecule has 1 atom stereocenters. The summed E-state index contributed by atoms with van der Waals surface area (Å²) >= 11 is 0. The number of nitrogens with zero attached hydrogens (tertiary/aromatic N) is 2. The van der Waals surface area contributed by atoms with Crippen LogP contribution in [-0.4, -0.2) is 54.4 Å². The lowest BCUT2D eigenvalue weighted by molar-refractivity contribution is -0.133. The molecule has 164 valence electrons. The van der Waals surface area contributed by atoms with Gasteiger partial charge >= 0.3 is 0 Å². The fourth-order valence-electron chi connectivity index (χ4n) is 4.35. The van der Waals surface area contributed by atoms with Crippen LogP contribution in [-0.2, 0) is 22.6 Å². The Morgan fingerprint density at radius 2 is 1.81 bits per heavy atom. The number of rotatable bonds is 6. The Hall–Kier alpha value is -2.86. The molecule has 2 aromatic carbocycles. The molecule has 1 N–H and O–H groups in total. The summed E-state index contributed by atoms with van der Waals surface area (Å²) in [5, 5.41) is 2.94. The van der Waals surface area contributed by atoms with Crippen molar-refractivity contribution in [2.75, 3.05) is 32.8 Å². The third kappa shape index (κ3) is 5.44. The molecule has 6 nitrogen and oxygen atoms in total. The van der Waals surface area contributed by atoms with Crippen molar-refractivity contribution in [1.82, 2.24) is 15.1 Å². The zero-order chi connectivity index (χ0) is 21.8. The molecule has 1 fully saturated rings. The molecule has 2 heterocycles. The Kier molecular flexibility index (Phi) is 6.56. The lowest BCUT2D eigenvalue weighted by Gasteiger charge is -2.35. The summed E-state index contributed by atoms with van der Waals surface area (Å²) < 4.78 is 5.59. The van der Waals surface area contributed by atoms with Crippen LogP contribution in [0.3, 0.4) is 0 Å². The standard InChI is InChI=1S/C25H31N3O3/c1-18-3-6-21(7-4-18)23(26-19(2)29)16-25(30)28-12-10-27(11-13-28)17-20-5-8-24-22(15-20)9-14-31-24/h3-8,15,23H,9-14,16-17H2,1-2H3,(H,26,29). The number of ether oxygens (including phenoxy) is 1. The van der Waals surface area contributed by atoms with Crippen LogP contribution in [0.5, 0.6) is 5.75 Å². The van der Waals surface area contributed by atoms with E-state index in [9.17, 15) is 9.59 Å².